The normalized spacial score (nSPS) is 10.6. The van der Waals surface area contributed by atoms with Gasteiger partial charge in [0.1, 0.15) is 0 Å². The molecule has 0 aliphatic carbocycles. The van der Waals surface area contributed by atoms with Gasteiger partial charge in [-0.2, -0.15) is 0 Å². The second-order valence-electron chi connectivity index (χ2n) is 5.49. The molecule has 0 unspecified atom stereocenters. The first-order valence-electron chi connectivity index (χ1n) is 7.61. The van der Waals surface area contributed by atoms with Crippen molar-refractivity contribution in [1.82, 2.24) is 10.3 Å². The quantitative estimate of drug-likeness (QED) is 0.680. The van der Waals surface area contributed by atoms with Gasteiger partial charge in [-0.25, -0.2) is 0 Å². The molecule has 0 radical (unpaired) electrons. The third-order valence-corrected chi connectivity index (χ3v) is 3.12. The lowest BCUT2D eigenvalue weighted by atomic mass is 10.1. The first kappa shape index (κ1) is 16.5. The molecule has 112 valence electrons. The zero-order valence-corrected chi connectivity index (χ0v) is 12.9. The smallest absolute Gasteiger partial charge is 0.254 e. The molecule has 1 amide bonds. The van der Waals surface area contributed by atoms with E-state index < -0.39 is 0 Å². The van der Waals surface area contributed by atoms with Crippen molar-refractivity contribution in [2.24, 2.45) is 5.92 Å². The molecule has 1 aromatic heterocycles. The highest BCUT2D eigenvalue weighted by atomic mass is 16.1. The highest BCUT2D eigenvalue weighted by molar-refractivity contribution is 5.99. The molecule has 0 saturated carbocycles. The van der Waals surface area contributed by atoms with E-state index in [1.54, 1.807) is 12.4 Å². The largest absolute Gasteiger partial charge is 0.384 e. The van der Waals surface area contributed by atoms with Gasteiger partial charge in [0, 0.05) is 25.5 Å². The summed E-state index contributed by atoms with van der Waals surface area (Å²) < 4.78 is 0. The Morgan fingerprint density at radius 1 is 1.30 bits per heavy atom. The number of hydrogen-bond acceptors (Lipinski definition) is 3. The van der Waals surface area contributed by atoms with E-state index in [-0.39, 0.29) is 5.91 Å². The summed E-state index contributed by atoms with van der Waals surface area (Å²) in [7, 11) is 0. The predicted molar refractivity (Wildman–Crippen MR) is 84.0 cm³/mol. The van der Waals surface area contributed by atoms with E-state index in [1.165, 1.54) is 6.42 Å². The summed E-state index contributed by atoms with van der Waals surface area (Å²) in [5, 5.41) is 6.23. The number of nitrogens with zero attached hydrogens (tertiary/aromatic N) is 1. The monoisotopic (exact) mass is 277 g/mol. The van der Waals surface area contributed by atoms with Gasteiger partial charge in [-0.05, 0) is 24.8 Å². The summed E-state index contributed by atoms with van der Waals surface area (Å²) in [6, 6.07) is 1.85. The van der Waals surface area contributed by atoms with Crippen LogP contribution in [0.5, 0.6) is 0 Å². The van der Waals surface area contributed by atoms with Crippen LogP contribution in [-0.4, -0.2) is 24.0 Å². The number of carbonyl (C=O) groups is 1. The molecule has 4 nitrogen and oxygen atoms in total. The Balaban J connectivity index is 2.42. The number of carbonyl (C=O) groups excluding carboxylic acids is 1. The molecule has 20 heavy (non-hydrogen) atoms. The Bertz CT molecular complexity index is 404. The summed E-state index contributed by atoms with van der Waals surface area (Å²) in [4.78, 5) is 16.2. The minimum absolute atomic E-state index is 0.0405. The fourth-order valence-corrected chi connectivity index (χ4v) is 1.96. The van der Waals surface area contributed by atoms with Crippen molar-refractivity contribution < 1.29 is 4.79 Å². The first-order valence-corrected chi connectivity index (χ1v) is 7.61. The molecule has 2 N–H and O–H groups in total. The highest BCUT2D eigenvalue weighted by Crippen LogP contribution is 2.13. The Hall–Kier alpha value is -1.58. The van der Waals surface area contributed by atoms with Crippen LogP contribution in [0.2, 0.25) is 0 Å². The fourth-order valence-electron chi connectivity index (χ4n) is 1.96. The van der Waals surface area contributed by atoms with Crippen molar-refractivity contribution in [2.45, 2.75) is 46.5 Å². The summed E-state index contributed by atoms with van der Waals surface area (Å²) in [5.41, 5.74) is 1.49. The zero-order chi connectivity index (χ0) is 14.8. The van der Waals surface area contributed by atoms with Gasteiger partial charge in [-0.1, -0.05) is 33.6 Å². The van der Waals surface area contributed by atoms with Gasteiger partial charge < -0.3 is 10.6 Å². The van der Waals surface area contributed by atoms with Crippen LogP contribution in [0.25, 0.3) is 0 Å². The molecular formula is C16H27N3O. The van der Waals surface area contributed by atoms with Crippen LogP contribution < -0.4 is 10.6 Å². The molecule has 1 heterocycles. The summed E-state index contributed by atoms with van der Waals surface area (Å²) in [5.74, 6) is 0.690. The number of nitrogens with one attached hydrogen (secondary N) is 2. The number of anilines is 1. The SMILES string of the molecule is CCCNc1ccncc1C(=O)NCCCCC(C)C. The third-order valence-electron chi connectivity index (χ3n) is 3.12. The second kappa shape index (κ2) is 9.34. The van der Waals surface area contributed by atoms with E-state index in [0.717, 1.165) is 44.0 Å². The van der Waals surface area contributed by atoms with Gasteiger partial charge in [-0.15, -0.1) is 0 Å². The number of unbranched alkanes of at least 4 members (excludes halogenated alkanes) is 1. The van der Waals surface area contributed by atoms with E-state index in [4.69, 9.17) is 0 Å². The van der Waals surface area contributed by atoms with Gasteiger partial charge in [0.25, 0.3) is 5.91 Å². The van der Waals surface area contributed by atoms with Crippen molar-refractivity contribution in [2.75, 3.05) is 18.4 Å². The Morgan fingerprint density at radius 3 is 2.80 bits per heavy atom. The topological polar surface area (TPSA) is 54.0 Å². The summed E-state index contributed by atoms with van der Waals surface area (Å²) >= 11 is 0. The lowest BCUT2D eigenvalue weighted by Gasteiger charge is -2.11. The predicted octanol–water partition coefficient (Wildman–Crippen LogP) is 3.46. The van der Waals surface area contributed by atoms with E-state index >= 15 is 0 Å². The number of hydrogen-bond donors (Lipinski definition) is 2. The molecule has 0 aromatic carbocycles. The molecular weight excluding hydrogens is 250 g/mol. The van der Waals surface area contributed by atoms with Gasteiger partial charge in [0.15, 0.2) is 0 Å². The molecule has 0 aliphatic rings. The van der Waals surface area contributed by atoms with Crippen molar-refractivity contribution in [3.8, 4) is 0 Å². The maximum absolute atomic E-state index is 12.1. The second-order valence-corrected chi connectivity index (χ2v) is 5.49. The van der Waals surface area contributed by atoms with Crippen LogP contribution in [0.15, 0.2) is 18.5 Å². The first-order chi connectivity index (χ1) is 9.65. The van der Waals surface area contributed by atoms with Gasteiger partial charge >= 0.3 is 0 Å². The Kier molecular flexibility index (Phi) is 7.70. The van der Waals surface area contributed by atoms with E-state index in [0.29, 0.717) is 5.56 Å². The Morgan fingerprint density at radius 2 is 2.10 bits per heavy atom. The molecule has 0 atom stereocenters. The molecule has 0 fully saturated rings. The van der Waals surface area contributed by atoms with Crippen molar-refractivity contribution in [3.63, 3.8) is 0 Å². The fraction of sp³-hybridized carbons (Fsp3) is 0.625. The van der Waals surface area contributed by atoms with Crippen molar-refractivity contribution >= 4 is 11.6 Å². The van der Waals surface area contributed by atoms with Crippen LogP contribution >= 0.6 is 0 Å². The molecule has 1 rings (SSSR count). The molecule has 0 spiro atoms. The Labute approximate surface area is 122 Å². The lowest BCUT2D eigenvalue weighted by molar-refractivity contribution is 0.0953. The average Bonchev–Trinajstić information content (AvgIpc) is 2.44. The van der Waals surface area contributed by atoms with Crippen LogP contribution in [0.1, 0.15) is 56.8 Å². The molecule has 1 aromatic rings. The molecule has 0 aliphatic heterocycles. The van der Waals surface area contributed by atoms with E-state index in [1.807, 2.05) is 6.07 Å². The number of amides is 1. The zero-order valence-electron chi connectivity index (χ0n) is 12.9. The van der Waals surface area contributed by atoms with Gasteiger partial charge in [0.05, 0.1) is 11.3 Å². The van der Waals surface area contributed by atoms with E-state index in [2.05, 4.69) is 36.4 Å². The van der Waals surface area contributed by atoms with Crippen molar-refractivity contribution in [3.05, 3.63) is 24.0 Å². The highest BCUT2D eigenvalue weighted by Gasteiger charge is 2.10. The van der Waals surface area contributed by atoms with E-state index in [9.17, 15) is 4.79 Å². The number of rotatable bonds is 9. The summed E-state index contributed by atoms with van der Waals surface area (Å²) in [6.07, 6.45) is 7.76. The van der Waals surface area contributed by atoms with Gasteiger partial charge in [-0.3, -0.25) is 9.78 Å². The van der Waals surface area contributed by atoms with Crippen LogP contribution in [0.4, 0.5) is 5.69 Å². The van der Waals surface area contributed by atoms with Crippen LogP contribution in [0.3, 0.4) is 0 Å². The van der Waals surface area contributed by atoms with Gasteiger partial charge in [0.2, 0.25) is 0 Å². The maximum atomic E-state index is 12.1. The standard InChI is InChI=1S/C16H27N3O/c1-4-9-18-15-8-11-17-12-14(15)16(20)19-10-6-5-7-13(2)3/h8,11-13H,4-7,9-10H2,1-3H3,(H,17,18)(H,19,20). The summed E-state index contributed by atoms with van der Waals surface area (Å²) in [6.45, 7) is 8.13. The minimum Gasteiger partial charge on any atom is -0.384 e. The average molecular weight is 277 g/mol. The lowest BCUT2D eigenvalue weighted by Crippen LogP contribution is -2.25. The molecule has 0 saturated heterocycles. The molecule has 4 heteroatoms. The van der Waals surface area contributed by atoms with Crippen LogP contribution in [0, 0.1) is 5.92 Å². The van der Waals surface area contributed by atoms with Crippen LogP contribution in [-0.2, 0) is 0 Å². The number of aromatic nitrogens is 1. The number of pyridine rings is 1. The molecule has 0 bridgehead atoms. The third kappa shape index (κ3) is 6.04. The minimum atomic E-state index is -0.0405. The maximum Gasteiger partial charge on any atom is 0.254 e. The van der Waals surface area contributed by atoms with Crippen molar-refractivity contribution in [1.29, 1.82) is 0 Å².